The number of halogens is 1. The molecule has 0 saturated carbocycles. The highest BCUT2D eigenvalue weighted by Gasteiger charge is 2.23. The maximum Gasteiger partial charge on any atom is 0.271 e. The van der Waals surface area contributed by atoms with Crippen molar-refractivity contribution in [2.24, 2.45) is 0 Å². The summed E-state index contributed by atoms with van der Waals surface area (Å²) in [6.45, 7) is 7.88. The van der Waals surface area contributed by atoms with E-state index in [0.29, 0.717) is 5.02 Å². The molecule has 1 aromatic carbocycles. The summed E-state index contributed by atoms with van der Waals surface area (Å²) in [5.41, 5.74) is 2.68. The summed E-state index contributed by atoms with van der Waals surface area (Å²) >= 11 is 6.30. The lowest BCUT2D eigenvalue weighted by Crippen LogP contribution is -2.46. The topological polar surface area (TPSA) is 75.7 Å². The quantitative estimate of drug-likeness (QED) is 0.622. The summed E-state index contributed by atoms with van der Waals surface area (Å²) in [6.07, 6.45) is 0. The average molecular weight is 351 g/mol. The molecule has 2 heterocycles. The van der Waals surface area contributed by atoms with Crippen molar-refractivity contribution < 1.29 is 9.45 Å². The molecule has 1 aliphatic heterocycles. The minimum atomic E-state index is -0.416. The number of hydrogen-bond donors (Lipinski definition) is 0. The van der Waals surface area contributed by atoms with Crippen LogP contribution in [0.1, 0.15) is 17.0 Å². The number of aryl methyl sites for hydroxylation is 2. The van der Waals surface area contributed by atoms with E-state index < -0.39 is 4.92 Å². The monoisotopic (exact) mass is 350 g/mol. The normalized spacial score (nSPS) is 15.7. The number of aromatic nitrogens is 1. The van der Waals surface area contributed by atoms with Crippen molar-refractivity contribution >= 4 is 23.0 Å². The van der Waals surface area contributed by atoms with Crippen LogP contribution in [0.15, 0.2) is 22.7 Å². The molecule has 0 atom stereocenters. The van der Waals surface area contributed by atoms with Gasteiger partial charge < -0.3 is 9.42 Å². The van der Waals surface area contributed by atoms with E-state index in [1.807, 2.05) is 19.9 Å². The van der Waals surface area contributed by atoms with E-state index in [2.05, 4.69) is 15.0 Å². The molecule has 1 fully saturated rings. The molecule has 7 nitrogen and oxygen atoms in total. The van der Waals surface area contributed by atoms with E-state index in [4.69, 9.17) is 16.1 Å². The molecule has 24 heavy (non-hydrogen) atoms. The van der Waals surface area contributed by atoms with Crippen molar-refractivity contribution in [3.8, 4) is 0 Å². The van der Waals surface area contributed by atoms with Crippen molar-refractivity contribution in [2.45, 2.75) is 20.4 Å². The molecule has 0 unspecified atom stereocenters. The molecule has 128 valence electrons. The number of hydrogen-bond acceptors (Lipinski definition) is 6. The van der Waals surface area contributed by atoms with Crippen LogP contribution in [0.3, 0.4) is 0 Å². The maximum absolute atomic E-state index is 10.9. The zero-order valence-electron chi connectivity index (χ0n) is 13.7. The number of piperazine rings is 1. The fourth-order valence-corrected chi connectivity index (χ4v) is 3.46. The summed E-state index contributed by atoms with van der Waals surface area (Å²) in [7, 11) is 0. The Hall–Kier alpha value is -2.12. The van der Waals surface area contributed by atoms with Gasteiger partial charge in [-0.05, 0) is 19.4 Å². The number of nitro benzene ring substituents is 1. The molecule has 2 aromatic rings. The van der Waals surface area contributed by atoms with Crippen LogP contribution in [0.25, 0.3) is 0 Å². The summed E-state index contributed by atoms with van der Waals surface area (Å²) in [5.74, 6) is 0.817. The summed E-state index contributed by atoms with van der Waals surface area (Å²) in [6, 6.07) is 4.95. The SMILES string of the molecule is Cc1cc(CN2CCN(c3c(C)cc([N+](=O)[O-])cc3Cl)CC2)no1. The van der Waals surface area contributed by atoms with Gasteiger partial charge in [-0.1, -0.05) is 16.8 Å². The number of nitro groups is 1. The molecule has 0 bridgehead atoms. The van der Waals surface area contributed by atoms with Gasteiger partial charge in [0.2, 0.25) is 0 Å². The first kappa shape index (κ1) is 16.7. The molecule has 0 N–H and O–H groups in total. The van der Waals surface area contributed by atoms with Gasteiger partial charge >= 0.3 is 0 Å². The van der Waals surface area contributed by atoms with Crippen molar-refractivity contribution in [2.75, 3.05) is 31.1 Å². The summed E-state index contributed by atoms with van der Waals surface area (Å²) < 4.78 is 5.10. The highest BCUT2D eigenvalue weighted by Crippen LogP contribution is 2.34. The molecular formula is C16H19ClN4O3. The fraction of sp³-hybridized carbons (Fsp3) is 0.438. The van der Waals surface area contributed by atoms with Gasteiger partial charge in [0.05, 0.1) is 21.3 Å². The third-order valence-corrected chi connectivity index (χ3v) is 4.49. The molecule has 3 rings (SSSR count). The molecular weight excluding hydrogens is 332 g/mol. The Morgan fingerprint density at radius 1 is 1.25 bits per heavy atom. The first-order valence-electron chi connectivity index (χ1n) is 7.78. The number of benzene rings is 1. The number of nitrogens with zero attached hydrogens (tertiary/aromatic N) is 4. The summed E-state index contributed by atoms with van der Waals surface area (Å²) in [4.78, 5) is 15.0. The van der Waals surface area contributed by atoms with Gasteiger partial charge in [0.1, 0.15) is 5.76 Å². The Labute approximate surface area is 144 Å². The van der Waals surface area contributed by atoms with Gasteiger partial charge in [-0.3, -0.25) is 15.0 Å². The first-order chi connectivity index (χ1) is 11.4. The number of rotatable bonds is 4. The Bertz CT molecular complexity index is 731. The van der Waals surface area contributed by atoms with Crippen molar-refractivity contribution in [3.05, 3.63) is 50.4 Å². The Morgan fingerprint density at radius 3 is 2.50 bits per heavy atom. The minimum Gasteiger partial charge on any atom is -0.368 e. The van der Waals surface area contributed by atoms with Crippen LogP contribution < -0.4 is 4.90 Å². The second-order valence-corrected chi connectivity index (χ2v) is 6.45. The highest BCUT2D eigenvalue weighted by atomic mass is 35.5. The Morgan fingerprint density at radius 2 is 1.96 bits per heavy atom. The minimum absolute atomic E-state index is 0.0290. The predicted octanol–water partition coefficient (Wildman–Crippen LogP) is 3.18. The first-order valence-corrected chi connectivity index (χ1v) is 8.16. The lowest BCUT2D eigenvalue weighted by Gasteiger charge is -2.36. The van der Waals surface area contributed by atoms with E-state index in [9.17, 15) is 10.1 Å². The van der Waals surface area contributed by atoms with Crippen LogP contribution in [-0.2, 0) is 6.54 Å². The van der Waals surface area contributed by atoms with Gasteiger partial charge in [-0.25, -0.2) is 0 Å². The molecule has 0 radical (unpaired) electrons. The van der Waals surface area contributed by atoms with Crippen LogP contribution in [0.4, 0.5) is 11.4 Å². The standard InChI is InChI=1S/C16H19ClN4O3/c1-11-7-14(21(22)23)9-15(17)16(11)20-5-3-19(4-6-20)10-13-8-12(2)24-18-13/h7-9H,3-6,10H2,1-2H3. The fourth-order valence-electron chi connectivity index (χ4n) is 3.08. The van der Waals surface area contributed by atoms with Crippen LogP contribution in [0.2, 0.25) is 5.02 Å². The maximum atomic E-state index is 10.9. The van der Waals surface area contributed by atoms with Gasteiger partial charge in [0.15, 0.2) is 0 Å². The van der Waals surface area contributed by atoms with Gasteiger partial charge in [-0.2, -0.15) is 0 Å². The Balaban J connectivity index is 1.67. The lowest BCUT2D eigenvalue weighted by molar-refractivity contribution is -0.384. The molecule has 1 aromatic heterocycles. The predicted molar refractivity (Wildman–Crippen MR) is 91.6 cm³/mol. The molecule has 1 saturated heterocycles. The average Bonchev–Trinajstić information content (AvgIpc) is 2.93. The van der Waals surface area contributed by atoms with E-state index in [-0.39, 0.29) is 5.69 Å². The van der Waals surface area contributed by atoms with Gasteiger partial charge in [0.25, 0.3) is 5.69 Å². The van der Waals surface area contributed by atoms with E-state index >= 15 is 0 Å². The Kier molecular flexibility index (Phi) is 4.73. The molecule has 0 aliphatic carbocycles. The van der Waals surface area contributed by atoms with Gasteiger partial charge in [-0.15, -0.1) is 0 Å². The van der Waals surface area contributed by atoms with Crippen molar-refractivity contribution in [3.63, 3.8) is 0 Å². The molecule has 8 heteroatoms. The van der Waals surface area contributed by atoms with Crippen LogP contribution >= 0.6 is 11.6 Å². The van der Waals surface area contributed by atoms with E-state index in [0.717, 1.165) is 55.4 Å². The molecule has 0 spiro atoms. The van der Waals surface area contributed by atoms with Crippen LogP contribution in [0, 0.1) is 24.0 Å². The second-order valence-electron chi connectivity index (χ2n) is 6.04. The molecule has 0 amide bonds. The van der Waals surface area contributed by atoms with E-state index in [1.54, 1.807) is 6.07 Å². The second kappa shape index (κ2) is 6.78. The number of anilines is 1. The van der Waals surface area contributed by atoms with Crippen molar-refractivity contribution in [1.29, 1.82) is 0 Å². The van der Waals surface area contributed by atoms with E-state index in [1.165, 1.54) is 6.07 Å². The third kappa shape index (κ3) is 3.52. The molecule has 1 aliphatic rings. The number of non-ortho nitro benzene ring substituents is 1. The van der Waals surface area contributed by atoms with Crippen LogP contribution in [-0.4, -0.2) is 41.2 Å². The zero-order chi connectivity index (χ0) is 17.3. The van der Waals surface area contributed by atoms with Crippen LogP contribution in [0.5, 0.6) is 0 Å². The smallest absolute Gasteiger partial charge is 0.271 e. The highest BCUT2D eigenvalue weighted by molar-refractivity contribution is 6.33. The zero-order valence-corrected chi connectivity index (χ0v) is 14.4. The van der Waals surface area contributed by atoms with Gasteiger partial charge in [0, 0.05) is 50.9 Å². The largest absolute Gasteiger partial charge is 0.368 e. The van der Waals surface area contributed by atoms with Crippen molar-refractivity contribution in [1.82, 2.24) is 10.1 Å². The lowest BCUT2D eigenvalue weighted by atomic mass is 10.1. The summed E-state index contributed by atoms with van der Waals surface area (Å²) in [5, 5.41) is 15.4. The third-order valence-electron chi connectivity index (χ3n) is 4.20.